The van der Waals surface area contributed by atoms with Crippen LogP contribution in [0.15, 0.2) is 24.3 Å². The van der Waals surface area contributed by atoms with E-state index in [0.717, 1.165) is 24.8 Å². The zero-order valence-electron chi connectivity index (χ0n) is 12.8. The first-order valence-corrected chi connectivity index (χ1v) is 7.92. The molecule has 6 heteroatoms. The Hall–Kier alpha value is -1.95. The molecule has 1 saturated carbocycles. The second-order valence-corrected chi connectivity index (χ2v) is 6.46. The highest BCUT2D eigenvalue weighted by atomic mass is 19.1. The minimum absolute atomic E-state index is 0.259. The number of ether oxygens (including phenoxy) is 1. The van der Waals surface area contributed by atoms with Crippen molar-refractivity contribution in [3.63, 3.8) is 0 Å². The summed E-state index contributed by atoms with van der Waals surface area (Å²) >= 11 is 0. The molecular weight excluding hydrogens is 301 g/mol. The van der Waals surface area contributed by atoms with Gasteiger partial charge in [0.2, 0.25) is 5.91 Å². The van der Waals surface area contributed by atoms with Gasteiger partial charge in [0.15, 0.2) is 6.10 Å². The number of halogens is 1. The van der Waals surface area contributed by atoms with Crippen LogP contribution in [-0.2, 0) is 20.7 Å². The SMILES string of the molecule is O=C(NC1(Cc2cccc(F)c2)CCC1)[C@@H]1CC[C@H](C(=O)O)O1. The molecule has 0 spiro atoms. The predicted octanol–water partition coefficient (Wildman–Crippen LogP) is 2.04. The molecule has 2 atom stereocenters. The molecule has 23 heavy (non-hydrogen) atoms. The van der Waals surface area contributed by atoms with Crippen LogP contribution in [0, 0.1) is 5.82 Å². The third-order valence-corrected chi connectivity index (χ3v) is 4.72. The first-order chi connectivity index (χ1) is 11.0. The predicted molar refractivity (Wildman–Crippen MR) is 80.4 cm³/mol. The molecule has 1 aromatic carbocycles. The van der Waals surface area contributed by atoms with E-state index in [1.165, 1.54) is 12.1 Å². The van der Waals surface area contributed by atoms with E-state index >= 15 is 0 Å². The molecule has 1 aliphatic heterocycles. The smallest absolute Gasteiger partial charge is 0.332 e. The molecule has 124 valence electrons. The molecule has 0 unspecified atom stereocenters. The first-order valence-electron chi connectivity index (χ1n) is 7.92. The number of hydrogen-bond acceptors (Lipinski definition) is 3. The van der Waals surface area contributed by atoms with Gasteiger partial charge < -0.3 is 15.2 Å². The number of nitrogens with one attached hydrogen (secondary N) is 1. The second-order valence-electron chi connectivity index (χ2n) is 6.46. The molecule has 5 nitrogen and oxygen atoms in total. The Morgan fingerprint density at radius 2 is 2.04 bits per heavy atom. The van der Waals surface area contributed by atoms with Crippen LogP contribution in [0.2, 0.25) is 0 Å². The van der Waals surface area contributed by atoms with Crippen molar-refractivity contribution in [2.24, 2.45) is 0 Å². The van der Waals surface area contributed by atoms with Crippen molar-refractivity contribution in [2.45, 2.75) is 56.3 Å². The molecular formula is C17H20FNO4. The van der Waals surface area contributed by atoms with Gasteiger partial charge >= 0.3 is 5.97 Å². The van der Waals surface area contributed by atoms with Crippen LogP contribution in [0.25, 0.3) is 0 Å². The highest BCUT2D eigenvalue weighted by molar-refractivity contribution is 5.83. The summed E-state index contributed by atoms with van der Waals surface area (Å²) in [6.45, 7) is 0. The lowest BCUT2D eigenvalue weighted by atomic mass is 9.72. The number of benzene rings is 1. The molecule has 3 rings (SSSR count). The summed E-state index contributed by atoms with van der Waals surface area (Å²) in [6.07, 6.45) is 2.43. The first kappa shape index (κ1) is 15.9. The maximum absolute atomic E-state index is 13.3. The molecule has 0 radical (unpaired) electrons. The van der Waals surface area contributed by atoms with Gasteiger partial charge in [-0.15, -0.1) is 0 Å². The maximum Gasteiger partial charge on any atom is 0.332 e. The summed E-state index contributed by atoms with van der Waals surface area (Å²) in [7, 11) is 0. The summed E-state index contributed by atoms with van der Waals surface area (Å²) in [4.78, 5) is 23.3. The van der Waals surface area contributed by atoms with Crippen molar-refractivity contribution < 1.29 is 23.8 Å². The lowest BCUT2D eigenvalue weighted by molar-refractivity contribution is -0.152. The van der Waals surface area contributed by atoms with Gasteiger partial charge in [0.1, 0.15) is 11.9 Å². The summed E-state index contributed by atoms with van der Waals surface area (Å²) in [5, 5.41) is 12.0. The summed E-state index contributed by atoms with van der Waals surface area (Å²) in [5.74, 6) is -1.57. The van der Waals surface area contributed by atoms with Crippen LogP contribution in [0.1, 0.15) is 37.7 Å². The van der Waals surface area contributed by atoms with Gasteiger partial charge in [-0.25, -0.2) is 9.18 Å². The highest BCUT2D eigenvalue weighted by Crippen LogP contribution is 2.36. The monoisotopic (exact) mass is 321 g/mol. The minimum Gasteiger partial charge on any atom is -0.479 e. The van der Waals surface area contributed by atoms with Gasteiger partial charge in [0, 0.05) is 5.54 Å². The third-order valence-electron chi connectivity index (χ3n) is 4.72. The van der Waals surface area contributed by atoms with Gasteiger partial charge in [0.05, 0.1) is 0 Å². The van der Waals surface area contributed by atoms with Crippen LogP contribution in [0.3, 0.4) is 0 Å². The van der Waals surface area contributed by atoms with E-state index in [1.54, 1.807) is 6.07 Å². The van der Waals surface area contributed by atoms with Gasteiger partial charge in [-0.2, -0.15) is 0 Å². The van der Waals surface area contributed by atoms with Crippen LogP contribution in [-0.4, -0.2) is 34.7 Å². The Kier molecular flexibility index (Phi) is 4.35. The average molecular weight is 321 g/mol. The molecule has 0 bridgehead atoms. The quantitative estimate of drug-likeness (QED) is 0.870. The molecule has 1 heterocycles. The molecule has 1 aromatic rings. The molecule has 2 fully saturated rings. The van der Waals surface area contributed by atoms with Crippen molar-refractivity contribution >= 4 is 11.9 Å². The zero-order valence-corrected chi connectivity index (χ0v) is 12.8. The van der Waals surface area contributed by atoms with Crippen LogP contribution in [0.4, 0.5) is 4.39 Å². The number of amides is 1. The maximum atomic E-state index is 13.3. The average Bonchev–Trinajstić information content (AvgIpc) is 2.95. The van der Waals surface area contributed by atoms with Crippen LogP contribution in [0.5, 0.6) is 0 Å². The van der Waals surface area contributed by atoms with Gasteiger partial charge in [-0.1, -0.05) is 12.1 Å². The van der Waals surface area contributed by atoms with E-state index in [-0.39, 0.29) is 17.3 Å². The van der Waals surface area contributed by atoms with Gasteiger partial charge in [-0.05, 0) is 56.2 Å². The number of carbonyl (C=O) groups is 2. The number of carboxylic acids is 1. The van der Waals surface area contributed by atoms with Gasteiger partial charge in [-0.3, -0.25) is 4.79 Å². The summed E-state index contributed by atoms with van der Waals surface area (Å²) < 4.78 is 18.6. The summed E-state index contributed by atoms with van der Waals surface area (Å²) in [5.41, 5.74) is 0.482. The Labute approximate surface area is 133 Å². The summed E-state index contributed by atoms with van der Waals surface area (Å²) in [6, 6.07) is 6.39. The number of carbonyl (C=O) groups excluding carboxylic acids is 1. The Morgan fingerprint density at radius 1 is 1.30 bits per heavy atom. The number of carboxylic acid groups (broad SMARTS) is 1. The molecule has 1 amide bonds. The van der Waals surface area contributed by atoms with Crippen molar-refractivity contribution in [2.75, 3.05) is 0 Å². The number of aliphatic carboxylic acids is 1. The molecule has 1 saturated heterocycles. The second kappa shape index (κ2) is 6.28. The van der Waals surface area contributed by atoms with Crippen molar-refractivity contribution in [1.82, 2.24) is 5.32 Å². The lowest BCUT2D eigenvalue weighted by Gasteiger charge is -2.43. The number of hydrogen-bond donors (Lipinski definition) is 2. The molecule has 2 aliphatic rings. The molecule has 2 N–H and O–H groups in total. The van der Waals surface area contributed by atoms with E-state index < -0.39 is 18.2 Å². The Morgan fingerprint density at radius 3 is 2.61 bits per heavy atom. The fourth-order valence-electron chi connectivity index (χ4n) is 3.34. The number of rotatable bonds is 5. The standard InChI is InChI=1S/C17H20FNO4/c18-12-4-1-3-11(9-12)10-17(7-2-8-17)19-15(20)13-5-6-14(23-13)16(21)22/h1,3-4,9,13-14H,2,5-8,10H2,(H,19,20)(H,21,22)/t13-,14+/m0/s1. The van der Waals surface area contributed by atoms with Crippen LogP contribution < -0.4 is 5.32 Å². The van der Waals surface area contributed by atoms with E-state index in [4.69, 9.17) is 9.84 Å². The molecule has 0 aromatic heterocycles. The topological polar surface area (TPSA) is 75.6 Å². The Balaban J connectivity index is 1.63. The highest BCUT2D eigenvalue weighted by Gasteiger charge is 2.42. The largest absolute Gasteiger partial charge is 0.479 e. The van der Waals surface area contributed by atoms with E-state index in [2.05, 4.69) is 5.32 Å². The Bertz CT molecular complexity index is 614. The lowest BCUT2D eigenvalue weighted by Crippen LogP contribution is -2.57. The zero-order chi connectivity index (χ0) is 16.4. The fourth-order valence-corrected chi connectivity index (χ4v) is 3.34. The van der Waals surface area contributed by atoms with E-state index in [9.17, 15) is 14.0 Å². The van der Waals surface area contributed by atoms with E-state index in [1.807, 2.05) is 6.07 Å². The van der Waals surface area contributed by atoms with Gasteiger partial charge in [0.25, 0.3) is 0 Å². The van der Waals surface area contributed by atoms with Crippen molar-refractivity contribution in [3.8, 4) is 0 Å². The normalized spacial score (nSPS) is 25.6. The van der Waals surface area contributed by atoms with E-state index in [0.29, 0.717) is 19.3 Å². The van der Waals surface area contributed by atoms with Crippen molar-refractivity contribution in [3.05, 3.63) is 35.6 Å². The van der Waals surface area contributed by atoms with Crippen LogP contribution >= 0.6 is 0 Å². The minimum atomic E-state index is -1.03. The third kappa shape index (κ3) is 3.52. The fraction of sp³-hybridized carbons (Fsp3) is 0.529. The van der Waals surface area contributed by atoms with Crippen molar-refractivity contribution in [1.29, 1.82) is 0 Å². The molecule has 1 aliphatic carbocycles.